The Kier molecular flexibility index (Phi) is 6.57. The Labute approximate surface area is 147 Å². The summed E-state index contributed by atoms with van der Waals surface area (Å²) in [5.74, 6) is 0.429. The van der Waals surface area contributed by atoms with E-state index in [1.807, 2.05) is 43.3 Å². The predicted octanol–water partition coefficient (Wildman–Crippen LogP) is 3.23. The number of benzene rings is 2. The van der Waals surface area contributed by atoms with E-state index in [9.17, 15) is 4.79 Å². The van der Waals surface area contributed by atoms with Crippen LogP contribution < -0.4 is 15.4 Å². The van der Waals surface area contributed by atoms with Gasteiger partial charge in [-0.2, -0.15) is 0 Å². The highest BCUT2D eigenvalue weighted by Crippen LogP contribution is 2.12. The van der Waals surface area contributed by atoms with Gasteiger partial charge < -0.3 is 20.1 Å². The summed E-state index contributed by atoms with van der Waals surface area (Å²) in [7, 11) is 1.35. The lowest BCUT2D eigenvalue weighted by Crippen LogP contribution is -2.39. The van der Waals surface area contributed by atoms with Crippen LogP contribution in [0.25, 0.3) is 0 Å². The first-order valence-electron chi connectivity index (χ1n) is 7.52. The molecular weight excluding hydrogens is 324 g/mol. The minimum atomic E-state index is -0.387. The molecule has 1 atom stereocenters. The van der Waals surface area contributed by atoms with Crippen LogP contribution >= 0.6 is 12.2 Å². The minimum Gasteiger partial charge on any atom is -0.491 e. The summed E-state index contributed by atoms with van der Waals surface area (Å²) in [6.45, 7) is 2.45. The van der Waals surface area contributed by atoms with Gasteiger partial charge in [0.1, 0.15) is 12.4 Å². The molecule has 24 heavy (non-hydrogen) atoms. The van der Waals surface area contributed by atoms with Crippen LogP contribution in [0, 0.1) is 0 Å². The third-order valence-corrected chi connectivity index (χ3v) is 3.38. The summed E-state index contributed by atoms with van der Waals surface area (Å²) in [4.78, 5) is 11.5. The van der Waals surface area contributed by atoms with Crippen molar-refractivity contribution in [2.45, 2.75) is 13.0 Å². The zero-order valence-corrected chi connectivity index (χ0v) is 14.4. The summed E-state index contributed by atoms with van der Waals surface area (Å²) < 4.78 is 10.4. The number of hydrogen-bond donors (Lipinski definition) is 2. The van der Waals surface area contributed by atoms with Crippen molar-refractivity contribution < 1.29 is 14.3 Å². The second kappa shape index (κ2) is 8.88. The van der Waals surface area contributed by atoms with Crippen molar-refractivity contribution >= 4 is 29.0 Å². The first-order chi connectivity index (χ1) is 11.6. The molecule has 0 amide bonds. The van der Waals surface area contributed by atoms with Gasteiger partial charge in [-0.25, -0.2) is 4.79 Å². The summed E-state index contributed by atoms with van der Waals surface area (Å²) in [5, 5.41) is 6.65. The van der Waals surface area contributed by atoms with Crippen LogP contribution in [0.1, 0.15) is 17.3 Å². The highest BCUT2D eigenvalue weighted by molar-refractivity contribution is 7.80. The second-order valence-corrected chi connectivity index (χ2v) is 5.60. The maximum Gasteiger partial charge on any atom is 0.337 e. The summed E-state index contributed by atoms with van der Waals surface area (Å²) in [6.07, 6.45) is 0. The molecule has 2 aromatic carbocycles. The van der Waals surface area contributed by atoms with Gasteiger partial charge in [-0.1, -0.05) is 24.3 Å². The van der Waals surface area contributed by atoms with Crippen molar-refractivity contribution in [2.75, 3.05) is 19.0 Å². The van der Waals surface area contributed by atoms with E-state index in [4.69, 9.17) is 21.7 Å². The van der Waals surface area contributed by atoms with E-state index in [2.05, 4.69) is 10.6 Å². The van der Waals surface area contributed by atoms with Gasteiger partial charge in [-0.05, 0) is 49.5 Å². The fourth-order valence-corrected chi connectivity index (χ4v) is 2.33. The largest absolute Gasteiger partial charge is 0.491 e. The third-order valence-electron chi connectivity index (χ3n) is 3.16. The summed E-state index contributed by atoms with van der Waals surface area (Å²) in [6, 6.07) is 16.6. The van der Waals surface area contributed by atoms with Gasteiger partial charge >= 0.3 is 5.97 Å². The molecule has 2 N–H and O–H groups in total. The average molecular weight is 344 g/mol. The fraction of sp³-hybridized carbons (Fsp3) is 0.222. The number of anilines is 1. The van der Waals surface area contributed by atoms with Crippen LogP contribution in [-0.4, -0.2) is 30.8 Å². The van der Waals surface area contributed by atoms with Crippen molar-refractivity contribution in [3.63, 3.8) is 0 Å². The van der Waals surface area contributed by atoms with E-state index in [1.165, 1.54) is 7.11 Å². The van der Waals surface area contributed by atoms with Gasteiger partial charge in [0.15, 0.2) is 5.11 Å². The molecule has 0 saturated carbocycles. The molecule has 0 aliphatic heterocycles. The van der Waals surface area contributed by atoms with E-state index >= 15 is 0 Å². The molecule has 0 heterocycles. The van der Waals surface area contributed by atoms with Gasteiger partial charge in [0.2, 0.25) is 0 Å². The maximum absolute atomic E-state index is 11.5. The molecule has 2 aromatic rings. The summed E-state index contributed by atoms with van der Waals surface area (Å²) >= 11 is 5.29. The minimum absolute atomic E-state index is 0.0222. The van der Waals surface area contributed by atoms with Crippen molar-refractivity contribution in [2.24, 2.45) is 0 Å². The topological polar surface area (TPSA) is 59.6 Å². The molecule has 0 unspecified atom stereocenters. The van der Waals surface area contributed by atoms with Crippen LogP contribution in [-0.2, 0) is 4.74 Å². The monoisotopic (exact) mass is 344 g/mol. The number of esters is 1. The quantitative estimate of drug-likeness (QED) is 0.620. The molecule has 0 aromatic heterocycles. The Hall–Kier alpha value is -2.60. The average Bonchev–Trinajstić information content (AvgIpc) is 2.60. The molecule has 126 valence electrons. The number of carbonyl (C=O) groups excluding carboxylic acids is 1. The fourth-order valence-electron chi connectivity index (χ4n) is 2.01. The Morgan fingerprint density at radius 3 is 2.62 bits per heavy atom. The van der Waals surface area contributed by atoms with E-state index in [1.54, 1.807) is 18.2 Å². The van der Waals surface area contributed by atoms with E-state index in [-0.39, 0.29) is 12.0 Å². The highest BCUT2D eigenvalue weighted by Gasteiger charge is 2.08. The maximum atomic E-state index is 11.5. The molecule has 5 nitrogen and oxygen atoms in total. The zero-order chi connectivity index (χ0) is 17.4. The van der Waals surface area contributed by atoms with Gasteiger partial charge in [-0.15, -0.1) is 0 Å². The highest BCUT2D eigenvalue weighted by atomic mass is 32.1. The van der Waals surface area contributed by atoms with Crippen LogP contribution in [0.4, 0.5) is 5.69 Å². The Bertz CT molecular complexity index is 692. The van der Waals surface area contributed by atoms with E-state index in [0.717, 1.165) is 5.75 Å². The van der Waals surface area contributed by atoms with Crippen molar-refractivity contribution in [3.8, 4) is 5.75 Å². The summed E-state index contributed by atoms with van der Waals surface area (Å²) in [5.41, 5.74) is 1.18. The first-order valence-corrected chi connectivity index (χ1v) is 7.93. The number of hydrogen-bond acceptors (Lipinski definition) is 4. The Balaban J connectivity index is 1.83. The van der Waals surface area contributed by atoms with Gasteiger partial charge in [0.05, 0.1) is 18.7 Å². The lowest BCUT2D eigenvalue weighted by atomic mass is 10.2. The number of thiocarbonyl (C=S) groups is 1. The number of nitrogens with one attached hydrogen (secondary N) is 2. The third kappa shape index (κ3) is 5.55. The molecule has 0 aliphatic rings. The number of rotatable bonds is 6. The Morgan fingerprint density at radius 2 is 1.92 bits per heavy atom. The SMILES string of the molecule is COC(=O)c1cccc(NC(=S)N[C@@H](C)COc2ccccc2)c1. The standard InChI is InChI=1S/C18H20N2O3S/c1-13(12-23-16-9-4-3-5-10-16)19-18(24)20-15-8-6-7-14(11-15)17(21)22-2/h3-11,13H,12H2,1-2H3,(H2,19,20,24)/t13-/m0/s1. The van der Waals surface area contributed by atoms with Crippen molar-refractivity contribution in [1.82, 2.24) is 5.32 Å². The normalized spacial score (nSPS) is 11.2. The van der Waals surface area contributed by atoms with Crippen LogP contribution in [0.2, 0.25) is 0 Å². The molecule has 2 rings (SSSR count). The zero-order valence-electron chi connectivity index (χ0n) is 13.6. The predicted molar refractivity (Wildman–Crippen MR) is 98.5 cm³/mol. The van der Waals surface area contributed by atoms with Gasteiger partial charge in [0.25, 0.3) is 0 Å². The Morgan fingerprint density at radius 1 is 1.17 bits per heavy atom. The van der Waals surface area contributed by atoms with Crippen LogP contribution in [0.15, 0.2) is 54.6 Å². The van der Waals surface area contributed by atoms with Crippen molar-refractivity contribution in [1.29, 1.82) is 0 Å². The smallest absolute Gasteiger partial charge is 0.337 e. The molecule has 6 heteroatoms. The first kappa shape index (κ1) is 17.7. The number of para-hydroxylation sites is 1. The van der Waals surface area contributed by atoms with Gasteiger partial charge in [0, 0.05) is 5.69 Å². The van der Waals surface area contributed by atoms with Crippen LogP contribution in [0.5, 0.6) is 5.75 Å². The molecule has 0 radical (unpaired) electrons. The number of ether oxygens (including phenoxy) is 2. The van der Waals surface area contributed by atoms with Crippen LogP contribution in [0.3, 0.4) is 0 Å². The molecule has 0 saturated heterocycles. The van der Waals surface area contributed by atoms with E-state index in [0.29, 0.717) is 23.0 Å². The second-order valence-electron chi connectivity index (χ2n) is 5.20. The van der Waals surface area contributed by atoms with E-state index < -0.39 is 0 Å². The number of carbonyl (C=O) groups is 1. The lowest BCUT2D eigenvalue weighted by molar-refractivity contribution is 0.0601. The molecule has 0 spiro atoms. The van der Waals surface area contributed by atoms with Crippen molar-refractivity contribution in [3.05, 3.63) is 60.2 Å². The molecule has 0 fully saturated rings. The van der Waals surface area contributed by atoms with Gasteiger partial charge in [-0.3, -0.25) is 0 Å². The molecule has 0 aliphatic carbocycles. The lowest BCUT2D eigenvalue weighted by Gasteiger charge is -2.18. The molecule has 0 bridgehead atoms. The molecular formula is C18H20N2O3S. The number of methoxy groups -OCH3 is 1.